The van der Waals surface area contributed by atoms with Gasteiger partial charge < -0.3 is 4.42 Å². The SMILES string of the molecule is O=C(CSc1nnc(-c2ccc(S(=O)(=O)N3CCCC3)cc2)o1)N(c1ccccc1)c1ccccc1. The summed E-state index contributed by atoms with van der Waals surface area (Å²) in [5.74, 6) is 0.227. The van der Waals surface area contributed by atoms with Gasteiger partial charge in [0.2, 0.25) is 21.8 Å². The molecule has 184 valence electrons. The van der Waals surface area contributed by atoms with Crippen LogP contribution in [0.25, 0.3) is 11.5 Å². The summed E-state index contributed by atoms with van der Waals surface area (Å²) in [6.07, 6.45) is 1.77. The number of benzene rings is 3. The molecule has 1 aliphatic rings. The first-order valence-corrected chi connectivity index (χ1v) is 13.9. The first-order chi connectivity index (χ1) is 17.5. The summed E-state index contributed by atoms with van der Waals surface area (Å²) < 4.78 is 32.7. The Morgan fingerprint density at radius 1 is 0.861 bits per heavy atom. The van der Waals surface area contributed by atoms with Crippen LogP contribution in [0.1, 0.15) is 12.8 Å². The molecular formula is C26H24N4O4S2. The van der Waals surface area contributed by atoms with Gasteiger partial charge in [-0.3, -0.25) is 9.69 Å². The fourth-order valence-corrected chi connectivity index (χ4v) is 6.14. The number of carbonyl (C=O) groups excluding carboxylic acids is 1. The largest absolute Gasteiger partial charge is 0.411 e. The number of aromatic nitrogens is 2. The van der Waals surface area contributed by atoms with Crippen molar-refractivity contribution in [3.63, 3.8) is 0 Å². The van der Waals surface area contributed by atoms with E-state index in [-0.39, 0.29) is 27.7 Å². The lowest BCUT2D eigenvalue weighted by atomic mass is 10.2. The van der Waals surface area contributed by atoms with Gasteiger partial charge in [-0.25, -0.2) is 8.42 Å². The molecular weight excluding hydrogens is 496 g/mol. The summed E-state index contributed by atoms with van der Waals surface area (Å²) in [6, 6.07) is 25.3. The Morgan fingerprint density at radius 3 is 2.03 bits per heavy atom. The average Bonchev–Trinajstić information content (AvgIpc) is 3.62. The van der Waals surface area contributed by atoms with Crippen LogP contribution in [-0.2, 0) is 14.8 Å². The monoisotopic (exact) mass is 520 g/mol. The minimum atomic E-state index is -3.48. The minimum Gasteiger partial charge on any atom is -0.411 e. The Labute approximate surface area is 214 Å². The van der Waals surface area contributed by atoms with Gasteiger partial charge >= 0.3 is 0 Å². The first kappa shape index (κ1) is 24.2. The molecule has 0 radical (unpaired) electrons. The number of hydrogen-bond acceptors (Lipinski definition) is 7. The van der Waals surface area contributed by atoms with E-state index in [0.717, 1.165) is 36.0 Å². The molecule has 0 atom stereocenters. The second-order valence-corrected chi connectivity index (χ2v) is 11.1. The number of hydrogen-bond donors (Lipinski definition) is 0. The van der Waals surface area contributed by atoms with Crippen LogP contribution in [0.3, 0.4) is 0 Å². The van der Waals surface area contributed by atoms with Gasteiger partial charge in [-0.05, 0) is 61.4 Å². The van der Waals surface area contributed by atoms with Crippen molar-refractivity contribution in [2.45, 2.75) is 23.0 Å². The van der Waals surface area contributed by atoms with Gasteiger partial charge in [-0.1, -0.05) is 48.2 Å². The molecule has 5 rings (SSSR count). The van der Waals surface area contributed by atoms with Crippen LogP contribution in [0.4, 0.5) is 11.4 Å². The molecule has 0 bridgehead atoms. The quantitative estimate of drug-likeness (QED) is 0.302. The van der Waals surface area contributed by atoms with Crippen LogP contribution in [0, 0.1) is 0 Å². The highest BCUT2D eigenvalue weighted by atomic mass is 32.2. The smallest absolute Gasteiger partial charge is 0.277 e. The van der Waals surface area contributed by atoms with Crippen molar-refractivity contribution in [1.82, 2.24) is 14.5 Å². The Hall–Kier alpha value is -3.47. The van der Waals surface area contributed by atoms with E-state index in [1.807, 2.05) is 60.7 Å². The van der Waals surface area contributed by atoms with Crippen LogP contribution in [0.15, 0.2) is 99.5 Å². The van der Waals surface area contributed by atoms with Crippen LogP contribution in [0.2, 0.25) is 0 Å². The number of rotatable bonds is 8. The van der Waals surface area contributed by atoms with Crippen molar-refractivity contribution in [3.05, 3.63) is 84.9 Å². The van der Waals surface area contributed by atoms with Gasteiger partial charge in [0.25, 0.3) is 5.22 Å². The van der Waals surface area contributed by atoms with E-state index >= 15 is 0 Å². The van der Waals surface area contributed by atoms with Crippen molar-refractivity contribution in [2.75, 3.05) is 23.7 Å². The number of carbonyl (C=O) groups is 1. The maximum atomic E-state index is 13.2. The summed E-state index contributed by atoms with van der Waals surface area (Å²) in [5, 5.41) is 8.38. The van der Waals surface area contributed by atoms with Crippen LogP contribution >= 0.6 is 11.8 Å². The second-order valence-electron chi connectivity index (χ2n) is 8.20. The van der Waals surface area contributed by atoms with Gasteiger partial charge in [-0.15, -0.1) is 10.2 Å². The number of anilines is 2. The topological polar surface area (TPSA) is 96.6 Å². The third kappa shape index (κ3) is 5.20. The maximum Gasteiger partial charge on any atom is 0.277 e. The molecule has 10 heteroatoms. The lowest BCUT2D eigenvalue weighted by molar-refractivity contribution is -0.115. The number of para-hydroxylation sites is 2. The Bertz CT molecular complexity index is 1380. The number of nitrogens with zero attached hydrogens (tertiary/aromatic N) is 4. The fraction of sp³-hybridized carbons (Fsp3) is 0.192. The second kappa shape index (κ2) is 10.7. The van der Waals surface area contributed by atoms with Gasteiger partial charge in [0.1, 0.15) is 0 Å². The third-order valence-corrected chi connectivity index (χ3v) is 8.52. The summed E-state index contributed by atoms with van der Waals surface area (Å²) in [5.41, 5.74) is 2.14. The molecule has 36 heavy (non-hydrogen) atoms. The highest BCUT2D eigenvalue weighted by molar-refractivity contribution is 7.99. The van der Waals surface area contributed by atoms with Crippen LogP contribution in [-0.4, -0.2) is 47.7 Å². The first-order valence-electron chi connectivity index (χ1n) is 11.5. The van der Waals surface area contributed by atoms with E-state index in [9.17, 15) is 13.2 Å². The molecule has 1 saturated heterocycles. The average molecular weight is 521 g/mol. The van der Waals surface area contributed by atoms with E-state index in [1.165, 1.54) is 4.31 Å². The van der Waals surface area contributed by atoms with Crippen molar-refractivity contribution in [1.29, 1.82) is 0 Å². The maximum absolute atomic E-state index is 13.2. The molecule has 0 aliphatic carbocycles. The molecule has 3 aromatic carbocycles. The van der Waals surface area contributed by atoms with Crippen molar-refractivity contribution in [3.8, 4) is 11.5 Å². The van der Waals surface area contributed by atoms with Crippen molar-refractivity contribution < 1.29 is 17.6 Å². The normalized spacial score (nSPS) is 14.1. The Kier molecular flexibility index (Phi) is 7.17. The molecule has 1 aliphatic heterocycles. The van der Waals surface area contributed by atoms with Crippen molar-refractivity contribution in [2.24, 2.45) is 0 Å². The molecule has 0 unspecified atom stereocenters. The number of amides is 1. The molecule has 8 nitrogen and oxygen atoms in total. The predicted molar refractivity (Wildman–Crippen MR) is 138 cm³/mol. The molecule has 0 saturated carbocycles. The van der Waals surface area contributed by atoms with Crippen LogP contribution < -0.4 is 4.90 Å². The minimum absolute atomic E-state index is 0.0957. The zero-order chi connectivity index (χ0) is 25.0. The molecule has 0 N–H and O–H groups in total. The van der Waals surface area contributed by atoms with Gasteiger partial charge in [0.15, 0.2) is 0 Å². The third-order valence-electron chi connectivity index (χ3n) is 5.81. The molecule has 1 amide bonds. The molecule has 1 fully saturated rings. The standard InChI is InChI=1S/C26H24N4O4S2/c31-24(30(21-9-3-1-4-10-21)22-11-5-2-6-12-22)19-35-26-28-27-25(34-26)20-13-15-23(16-14-20)36(32,33)29-17-7-8-18-29/h1-6,9-16H,7-8,17-19H2. The van der Waals surface area contributed by atoms with E-state index in [1.54, 1.807) is 29.2 Å². The fourth-order valence-electron chi connectivity index (χ4n) is 4.01. The highest BCUT2D eigenvalue weighted by Crippen LogP contribution is 2.29. The van der Waals surface area contributed by atoms with Crippen molar-refractivity contribution >= 4 is 39.1 Å². The zero-order valence-corrected chi connectivity index (χ0v) is 21.0. The molecule has 1 aromatic heterocycles. The summed E-state index contributed by atoms with van der Waals surface area (Å²) in [6.45, 7) is 1.11. The summed E-state index contributed by atoms with van der Waals surface area (Å²) in [4.78, 5) is 15.1. The highest BCUT2D eigenvalue weighted by Gasteiger charge is 2.27. The van der Waals surface area contributed by atoms with Gasteiger partial charge in [-0.2, -0.15) is 4.31 Å². The van der Waals surface area contributed by atoms with E-state index in [4.69, 9.17) is 4.42 Å². The van der Waals surface area contributed by atoms with E-state index in [0.29, 0.717) is 18.7 Å². The summed E-state index contributed by atoms with van der Waals surface area (Å²) >= 11 is 1.15. The van der Waals surface area contributed by atoms with E-state index in [2.05, 4.69) is 10.2 Å². The summed E-state index contributed by atoms with van der Waals surface area (Å²) in [7, 11) is -3.48. The lowest BCUT2D eigenvalue weighted by Crippen LogP contribution is -2.27. The number of thioether (sulfide) groups is 1. The van der Waals surface area contributed by atoms with Crippen LogP contribution in [0.5, 0.6) is 0 Å². The van der Waals surface area contributed by atoms with Gasteiger partial charge in [0, 0.05) is 30.0 Å². The van der Waals surface area contributed by atoms with Gasteiger partial charge in [0.05, 0.1) is 10.6 Å². The molecule has 0 spiro atoms. The Balaban J connectivity index is 1.27. The Morgan fingerprint density at radius 2 is 1.44 bits per heavy atom. The number of sulfonamides is 1. The van der Waals surface area contributed by atoms with E-state index < -0.39 is 10.0 Å². The lowest BCUT2D eigenvalue weighted by Gasteiger charge is -2.22. The molecule has 4 aromatic rings. The predicted octanol–water partition coefficient (Wildman–Crippen LogP) is 4.98. The zero-order valence-electron chi connectivity index (χ0n) is 19.4. The molecule has 2 heterocycles.